The SMILES string of the molecule is CCCN(CC(=O)N(Cc1ccccc1)Cc1sccc1C)C(=O)NC1CCCCC1. The molecule has 1 N–H and O–H groups in total. The van der Waals surface area contributed by atoms with Gasteiger partial charge in [-0.25, -0.2) is 4.79 Å². The van der Waals surface area contributed by atoms with E-state index in [1.54, 1.807) is 16.2 Å². The fourth-order valence-electron chi connectivity index (χ4n) is 4.07. The summed E-state index contributed by atoms with van der Waals surface area (Å²) in [6, 6.07) is 12.3. The van der Waals surface area contributed by atoms with Crippen molar-refractivity contribution < 1.29 is 9.59 Å². The molecule has 1 fully saturated rings. The van der Waals surface area contributed by atoms with Crippen LogP contribution in [-0.4, -0.2) is 40.9 Å². The highest BCUT2D eigenvalue weighted by atomic mass is 32.1. The van der Waals surface area contributed by atoms with E-state index in [-0.39, 0.29) is 24.5 Å². The Kier molecular flexibility index (Phi) is 8.95. The third-order valence-electron chi connectivity index (χ3n) is 5.91. The molecule has 0 radical (unpaired) electrons. The largest absolute Gasteiger partial charge is 0.335 e. The van der Waals surface area contributed by atoms with Gasteiger partial charge in [-0.2, -0.15) is 0 Å². The van der Waals surface area contributed by atoms with Crippen LogP contribution in [0.1, 0.15) is 61.5 Å². The fourth-order valence-corrected chi connectivity index (χ4v) is 4.99. The lowest BCUT2D eigenvalue weighted by Crippen LogP contribution is -2.49. The number of benzene rings is 1. The minimum atomic E-state index is -0.103. The first-order chi connectivity index (χ1) is 15.1. The molecule has 1 aromatic heterocycles. The standard InChI is InChI=1S/C25H35N3O2S/c1-3-15-27(25(30)26-22-12-8-5-9-13-22)19-24(29)28(17-21-10-6-4-7-11-21)18-23-20(2)14-16-31-23/h4,6-7,10-11,14,16,22H,3,5,8-9,12-13,15,17-19H2,1-2H3,(H,26,30). The first kappa shape index (κ1) is 23.3. The summed E-state index contributed by atoms with van der Waals surface area (Å²) in [5, 5.41) is 5.24. The molecule has 1 aromatic carbocycles. The Balaban J connectivity index is 1.69. The quantitative estimate of drug-likeness (QED) is 0.571. The van der Waals surface area contributed by atoms with Gasteiger partial charge in [0.25, 0.3) is 0 Å². The summed E-state index contributed by atoms with van der Waals surface area (Å²) >= 11 is 1.68. The van der Waals surface area contributed by atoms with E-state index in [0.717, 1.165) is 24.8 Å². The molecule has 0 atom stereocenters. The van der Waals surface area contributed by atoms with Crippen LogP contribution in [0.4, 0.5) is 4.79 Å². The first-order valence-electron chi connectivity index (χ1n) is 11.5. The van der Waals surface area contributed by atoms with E-state index in [1.165, 1.54) is 29.7 Å². The monoisotopic (exact) mass is 441 g/mol. The predicted octanol–water partition coefficient (Wildman–Crippen LogP) is 5.34. The van der Waals surface area contributed by atoms with Crippen molar-refractivity contribution in [2.45, 2.75) is 71.5 Å². The minimum absolute atomic E-state index is 0.0103. The van der Waals surface area contributed by atoms with Crippen molar-refractivity contribution in [2.75, 3.05) is 13.1 Å². The maximum atomic E-state index is 13.4. The highest BCUT2D eigenvalue weighted by Gasteiger charge is 2.24. The van der Waals surface area contributed by atoms with Gasteiger partial charge < -0.3 is 15.1 Å². The van der Waals surface area contributed by atoms with Gasteiger partial charge in [0.05, 0.1) is 6.54 Å². The molecule has 5 nitrogen and oxygen atoms in total. The van der Waals surface area contributed by atoms with Gasteiger partial charge in [0.15, 0.2) is 0 Å². The number of nitrogens with one attached hydrogen (secondary N) is 1. The van der Waals surface area contributed by atoms with E-state index in [4.69, 9.17) is 0 Å². The van der Waals surface area contributed by atoms with E-state index < -0.39 is 0 Å². The van der Waals surface area contributed by atoms with E-state index in [1.807, 2.05) is 42.2 Å². The highest BCUT2D eigenvalue weighted by molar-refractivity contribution is 7.10. The molecule has 1 heterocycles. The molecule has 0 spiro atoms. The lowest BCUT2D eigenvalue weighted by atomic mass is 9.96. The van der Waals surface area contributed by atoms with Gasteiger partial charge in [-0.3, -0.25) is 4.79 Å². The van der Waals surface area contributed by atoms with Crippen LogP contribution in [-0.2, 0) is 17.9 Å². The molecule has 0 aliphatic heterocycles. The van der Waals surface area contributed by atoms with Crippen molar-refractivity contribution in [3.8, 4) is 0 Å². The van der Waals surface area contributed by atoms with Crippen LogP contribution in [0.5, 0.6) is 0 Å². The smallest absolute Gasteiger partial charge is 0.318 e. The van der Waals surface area contributed by atoms with Gasteiger partial charge in [0.2, 0.25) is 5.91 Å². The fraction of sp³-hybridized carbons (Fsp3) is 0.520. The molecule has 31 heavy (non-hydrogen) atoms. The summed E-state index contributed by atoms with van der Waals surface area (Å²) in [7, 11) is 0. The molecule has 3 rings (SSSR count). The number of amides is 3. The number of thiophene rings is 1. The summed E-state index contributed by atoms with van der Waals surface area (Å²) in [6.07, 6.45) is 6.49. The summed E-state index contributed by atoms with van der Waals surface area (Å²) in [5.41, 5.74) is 2.30. The van der Waals surface area contributed by atoms with Crippen LogP contribution in [0, 0.1) is 6.92 Å². The van der Waals surface area contributed by atoms with Crippen molar-refractivity contribution in [3.63, 3.8) is 0 Å². The molecule has 2 aromatic rings. The van der Waals surface area contributed by atoms with Crippen molar-refractivity contribution in [1.29, 1.82) is 0 Å². The number of carbonyl (C=O) groups is 2. The zero-order valence-electron chi connectivity index (χ0n) is 18.8. The minimum Gasteiger partial charge on any atom is -0.335 e. The molecule has 1 aliphatic carbocycles. The van der Waals surface area contributed by atoms with E-state index in [0.29, 0.717) is 19.6 Å². The molecule has 1 aliphatic rings. The maximum Gasteiger partial charge on any atom is 0.318 e. The number of hydrogen-bond acceptors (Lipinski definition) is 3. The Morgan fingerprint density at radius 2 is 1.77 bits per heavy atom. The first-order valence-corrected chi connectivity index (χ1v) is 12.3. The molecule has 0 unspecified atom stereocenters. The second-order valence-electron chi connectivity index (χ2n) is 8.47. The van der Waals surface area contributed by atoms with E-state index >= 15 is 0 Å². The van der Waals surface area contributed by atoms with Gasteiger partial charge in [-0.1, -0.05) is 56.5 Å². The highest BCUT2D eigenvalue weighted by Crippen LogP contribution is 2.20. The number of urea groups is 1. The van der Waals surface area contributed by atoms with Crippen molar-refractivity contribution >= 4 is 23.3 Å². The Bertz CT molecular complexity index is 830. The van der Waals surface area contributed by atoms with Crippen molar-refractivity contribution in [2.24, 2.45) is 0 Å². The summed E-state index contributed by atoms with van der Waals surface area (Å²) in [6.45, 7) is 5.94. The van der Waals surface area contributed by atoms with Crippen molar-refractivity contribution in [1.82, 2.24) is 15.1 Å². The third-order valence-corrected chi connectivity index (χ3v) is 6.92. The third kappa shape index (κ3) is 7.10. The molecule has 6 heteroatoms. The molecule has 1 saturated carbocycles. The van der Waals surface area contributed by atoms with E-state index in [2.05, 4.69) is 23.7 Å². The predicted molar refractivity (Wildman–Crippen MR) is 127 cm³/mol. The Labute approximate surface area is 190 Å². The van der Waals surface area contributed by atoms with Crippen LogP contribution in [0.15, 0.2) is 41.8 Å². The second kappa shape index (κ2) is 11.9. The Hall–Kier alpha value is -2.34. The van der Waals surface area contributed by atoms with Crippen LogP contribution in [0.25, 0.3) is 0 Å². The molecular weight excluding hydrogens is 406 g/mol. The van der Waals surface area contributed by atoms with Crippen LogP contribution < -0.4 is 5.32 Å². The molecule has 0 saturated heterocycles. The van der Waals surface area contributed by atoms with Gasteiger partial charge in [0, 0.05) is 24.0 Å². The van der Waals surface area contributed by atoms with Gasteiger partial charge in [-0.05, 0) is 48.8 Å². The Morgan fingerprint density at radius 3 is 2.42 bits per heavy atom. The lowest BCUT2D eigenvalue weighted by Gasteiger charge is -2.30. The summed E-state index contributed by atoms with van der Waals surface area (Å²) < 4.78 is 0. The van der Waals surface area contributed by atoms with Crippen LogP contribution in [0.3, 0.4) is 0 Å². The lowest BCUT2D eigenvalue weighted by molar-refractivity contribution is -0.133. The van der Waals surface area contributed by atoms with Gasteiger partial charge in [-0.15, -0.1) is 11.3 Å². The molecule has 3 amide bonds. The number of rotatable bonds is 9. The number of aryl methyl sites for hydroxylation is 1. The summed E-state index contributed by atoms with van der Waals surface area (Å²) in [4.78, 5) is 31.1. The van der Waals surface area contributed by atoms with Gasteiger partial charge in [0.1, 0.15) is 6.54 Å². The van der Waals surface area contributed by atoms with Crippen LogP contribution >= 0.6 is 11.3 Å². The summed E-state index contributed by atoms with van der Waals surface area (Å²) in [5.74, 6) is -0.0103. The molecule has 168 valence electrons. The maximum absolute atomic E-state index is 13.4. The Morgan fingerprint density at radius 1 is 1.03 bits per heavy atom. The average molecular weight is 442 g/mol. The number of carbonyl (C=O) groups excluding carboxylic acids is 2. The number of hydrogen-bond donors (Lipinski definition) is 1. The normalized spacial score (nSPS) is 14.3. The molecular formula is C25H35N3O2S. The van der Waals surface area contributed by atoms with Crippen molar-refractivity contribution in [3.05, 3.63) is 57.8 Å². The second-order valence-corrected chi connectivity index (χ2v) is 9.47. The molecule has 0 bridgehead atoms. The zero-order valence-corrected chi connectivity index (χ0v) is 19.6. The van der Waals surface area contributed by atoms with E-state index in [9.17, 15) is 9.59 Å². The zero-order chi connectivity index (χ0) is 22.1. The number of nitrogens with zero attached hydrogens (tertiary/aromatic N) is 2. The average Bonchev–Trinajstić information content (AvgIpc) is 3.18. The van der Waals surface area contributed by atoms with Crippen LogP contribution in [0.2, 0.25) is 0 Å². The topological polar surface area (TPSA) is 52.7 Å². The van der Waals surface area contributed by atoms with Gasteiger partial charge >= 0.3 is 6.03 Å².